The van der Waals surface area contributed by atoms with Crippen molar-refractivity contribution < 1.29 is 9.72 Å². The average molecular weight is 353 g/mol. The Morgan fingerprint density at radius 2 is 2.10 bits per heavy atom. The molecule has 20 heavy (non-hydrogen) atoms. The van der Waals surface area contributed by atoms with E-state index in [2.05, 4.69) is 20.9 Å². The van der Waals surface area contributed by atoms with E-state index >= 15 is 0 Å². The molecule has 0 bridgehead atoms. The van der Waals surface area contributed by atoms with Crippen molar-refractivity contribution in [3.05, 3.63) is 56.7 Å². The molecule has 0 aliphatic heterocycles. The Labute approximate surface area is 127 Å². The SMILES string of the molecule is CC(=O)c1ccc(Sc2ccc(Br)cn2)cc1[N+](=O)[O-]. The Hall–Kier alpha value is -1.73. The van der Waals surface area contributed by atoms with Gasteiger partial charge >= 0.3 is 0 Å². The van der Waals surface area contributed by atoms with Crippen molar-refractivity contribution in [1.29, 1.82) is 0 Å². The minimum absolute atomic E-state index is 0.114. The molecule has 0 spiro atoms. The number of nitro groups is 1. The number of halogens is 1. The molecule has 5 nitrogen and oxygen atoms in total. The van der Waals surface area contributed by atoms with Gasteiger partial charge in [-0.25, -0.2) is 4.98 Å². The molecule has 0 aliphatic rings. The van der Waals surface area contributed by atoms with Crippen LogP contribution in [0.25, 0.3) is 0 Å². The highest BCUT2D eigenvalue weighted by Gasteiger charge is 2.18. The maximum Gasteiger partial charge on any atom is 0.281 e. The summed E-state index contributed by atoms with van der Waals surface area (Å²) in [6, 6.07) is 8.19. The molecule has 7 heteroatoms. The fourth-order valence-corrected chi connectivity index (χ4v) is 2.59. The van der Waals surface area contributed by atoms with Gasteiger partial charge in [-0.15, -0.1) is 0 Å². The molecule has 1 heterocycles. The van der Waals surface area contributed by atoms with Crippen LogP contribution in [-0.4, -0.2) is 15.7 Å². The van der Waals surface area contributed by atoms with Crippen LogP contribution in [0.2, 0.25) is 0 Å². The van der Waals surface area contributed by atoms with Gasteiger partial charge < -0.3 is 0 Å². The molecule has 0 aliphatic carbocycles. The summed E-state index contributed by atoms with van der Waals surface area (Å²) in [4.78, 5) is 26.6. The van der Waals surface area contributed by atoms with Crippen molar-refractivity contribution in [2.45, 2.75) is 16.8 Å². The van der Waals surface area contributed by atoms with Gasteiger partial charge in [-0.2, -0.15) is 0 Å². The van der Waals surface area contributed by atoms with Crippen LogP contribution >= 0.6 is 27.7 Å². The van der Waals surface area contributed by atoms with Crippen molar-refractivity contribution in [2.24, 2.45) is 0 Å². The van der Waals surface area contributed by atoms with Crippen LogP contribution in [0.4, 0.5) is 5.69 Å². The van der Waals surface area contributed by atoms with Gasteiger partial charge in [-0.05, 0) is 47.1 Å². The third-order valence-electron chi connectivity index (χ3n) is 2.47. The number of hydrogen-bond acceptors (Lipinski definition) is 5. The van der Waals surface area contributed by atoms with Gasteiger partial charge in [0.25, 0.3) is 5.69 Å². The second-order valence-electron chi connectivity index (χ2n) is 3.91. The predicted octanol–water partition coefficient (Wildman–Crippen LogP) is 4.11. The molecule has 0 atom stereocenters. The summed E-state index contributed by atoms with van der Waals surface area (Å²) in [5.74, 6) is -0.324. The lowest BCUT2D eigenvalue weighted by Crippen LogP contribution is -2.00. The smallest absolute Gasteiger partial charge is 0.281 e. The highest BCUT2D eigenvalue weighted by atomic mass is 79.9. The number of nitro benzene ring substituents is 1. The maximum atomic E-state index is 11.3. The number of rotatable bonds is 4. The van der Waals surface area contributed by atoms with Crippen LogP contribution in [0, 0.1) is 10.1 Å². The number of aromatic nitrogens is 1. The predicted molar refractivity (Wildman–Crippen MR) is 79.2 cm³/mol. The van der Waals surface area contributed by atoms with Crippen LogP contribution in [0.5, 0.6) is 0 Å². The fraction of sp³-hybridized carbons (Fsp3) is 0.0769. The van der Waals surface area contributed by atoms with Crippen LogP contribution < -0.4 is 0 Å². The third kappa shape index (κ3) is 3.43. The molecule has 0 radical (unpaired) electrons. The Kier molecular flexibility index (Phi) is 4.51. The number of carbonyl (C=O) groups is 1. The monoisotopic (exact) mass is 352 g/mol. The van der Waals surface area contributed by atoms with Crippen molar-refractivity contribution in [3.63, 3.8) is 0 Å². The zero-order valence-electron chi connectivity index (χ0n) is 10.4. The van der Waals surface area contributed by atoms with Crippen molar-refractivity contribution in [1.82, 2.24) is 4.98 Å². The lowest BCUT2D eigenvalue weighted by atomic mass is 10.1. The highest BCUT2D eigenvalue weighted by molar-refractivity contribution is 9.10. The van der Waals surface area contributed by atoms with Gasteiger partial charge in [0.05, 0.1) is 10.5 Å². The number of Topliss-reactive ketones (excluding diaryl/α,β-unsaturated/α-hetero) is 1. The summed E-state index contributed by atoms with van der Waals surface area (Å²) in [5.41, 5.74) is -0.0669. The maximum absolute atomic E-state index is 11.3. The Morgan fingerprint density at radius 3 is 2.65 bits per heavy atom. The van der Waals surface area contributed by atoms with Gasteiger partial charge in [0.2, 0.25) is 0 Å². The van der Waals surface area contributed by atoms with E-state index in [0.717, 1.165) is 9.50 Å². The highest BCUT2D eigenvalue weighted by Crippen LogP contribution is 2.31. The number of benzene rings is 1. The van der Waals surface area contributed by atoms with E-state index in [1.807, 2.05) is 6.07 Å². The van der Waals surface area contributed by atoms with Gasteiger partial charge in [0, 0.05) is 21.6 Å². The summed E-state index contributed by atoms with van der Waals surface area (Å²) in [5, 5.41) is 11.7. The average Bonchev–Trinajstić information content (AvgIpc) is 2.41. The first-order chi connectivity index (χ1) is 9.47. The van der Waals surface area contributed by atoms with Crippen molar-refractivity contribution in [3.8, 4) is 0 Å². The van der Waals surface area contributed by atoms with Gasteiger partial charge in [-0.1, -0.05) is 11.8 Å². The molecule has 102 valence electrons. The summed E-state index contributed by atoms with van der Waals surface area (Å²) in [7, 11) is 0. The van der Waals surface area contributed by atoms with Gasteiger partial charge in [0.15, 0.2) is 5.78 Å². The molecular formula is C13H9BrN2O3S. The second kappa shape index (κ2) is 6.15. The molecule has 1 aromatic heterocycles. The summed E-state index contributed by atoms with van der Waals surface area (Å²) in [6.07, 6.45) is 1.65. The number of ketones is 1. The Bertz CT molecular complexity index is 674. The standard InChI is InChI=1S/C13H9BrN2O3S/c1-8(17)11-4-3-10(6-12(11)16(18)19)20-13-5-2-9(14)7-15-13/h2-7H,1H3. The summed E-state index contributed by atoms with van der Waals surface area (Å²) in [6.45, 7) is 1.31. The first kappa shape index (κ1) is 14.7. The number of carbonyl (C=O) groups excluding carboxylic acids is 1. The van der Waals surface area contributed by atoms with Crippen LogP contribution in [0.3, 0.4) is 0 Å². The minimum Gasteiger partial charge on any atom is -0.294 e. The lowest BCUT2D eigenvalue weighted by Gasteiger charge is -2.03. The molecule has 0 N–H and O–H groups in total. The molecule has 0 saturated heterocycles. The van der Waals surface area contributed by atoms with Gasteiger partial charge in [0.1, 0.15) is 5.03 Å². The number of pyridine rings is 1. The quantitative estimate of drug-likeness (QED) is 0.470. The lowest BCUT2D eigenvalue weighted by molar-refractivity contribution is -0.385. The Balaban J connectivity index is 2.34. The van der Waals surface area contributed by atoms with Crippen LogP contribution in [0.15, 0.2) is 50.9 Å². The van der Waals surface area contributed by atoms with E-state index in [0.29, 0.717) is 4.90 Å². The van der Waals surface area contributed by atoms with Gasteiger partial charge in [-0.3, -0.25) is 14.9 Å². The largest absolute Gasteiger partial charge is 0.294 e. The van der Waals surface area contributed by atoms with E-state index in [-0.39, 0.29) is 17.0 Å². The van der Waals surface area contributed by atoms with E-state index in [1.54, 1.807) is 18.3 Å². The molecule has 0 unspecified atom stereocenters. The zero-order chi connectivity index (χ0) is 14.7. The van der Waals surface area contributed by atoms with E-state index in [4.69, 9.17) is 0 Å². The third-order valence-corrected chi connectivity index (χ3v) is 3.88. The Morgan fingerprint density at radius 1 is 1.35 bits per heavy atom. The topological polar surface area (TPSA) is 73.1 Å². The van der Waals surface area contributed by atoms with E-state index in [9.17, 15) is 14.9 Å². The minimum atomic E-state index is -0.546. The summed E-state index contributed by atoms with van der Waals surface area (Å²) < 4.78 is 0.861. The number of hydrogen-bond donors (Lipinski definition) is 0. The molecule has 2 aromatic rings. The molecule has 0 amide bonds. The molecule has 2 rings (SSSR count). The second-order valence-corrected chi connectivity index (χ2v) is 5.92. The van der Waals surface area contributed by atoms with Crippen LogP contribution in [0.1, 0.15) is 17.3 Å². The zero-order valence-corrected chi connectivity index (χ0v) is 12.8. The van der Waals surface area contributed by atoms with Crippen molar-refractivity contribution in [2.75, 3.05) is 0 Å². The first-order valence-electron chi connectivity index (χ1n) is 5.56. The molecule has 1 aromatic carbocycles. The molecule has 0 saturated carbocycles. The van der Waals surface area contributed by atoms with Crippen molar-refractivity contribution >= 4 is 39.2 Å². The molecule has 0 fully saturated rings. The van der Waals surface area contributed by atoms with E-state index < -0.39 is 4.92 Å². The van der Waals surface area contributed by atoms with E-state index in [1.165, 1.54) is 30.8 Å². The summed E-state index contributed by atoms with van der Waals surface area (Å²) >= 11 is 4.59. The number of nitrogens with zero attached hydrogens (tertiary/aromatic N) is 2. The normalized spacial score (nSPS) is 10.3. The first-order valence-corrected chi connectivity index (χ1v) is 7.17. The molecular weight excluding hydrogens is 344 g/mol. The van der Waals surface area contributed by atoms with Crippen LogP contribution in [-0.2, 0) is 0 Å². The fourth-order valence-electron chi connectivity index (χ4n) is 1.57.